The first-order valence-corrected chi connectivity index (χ1v) is 12.6. The summed E-state index contributed by atoms with van der Waals surface area (Å²) in [7, 11) is 0. The van der Waals surface area contributed by atoms with Gasteiger partial charge in [-0.15, -0.1) is 0 Å². The Morgan fingerprint density at radius 1 is 1.22 bits per heavy atom. The van der Waals surface area contributed by atoms with Crippen molar-refractivity contribution in [3.63, 3.8) is 0 Å². The van der Waals surface area contributed by atoms with Crippen LogP contribution in [0.3, 0.4) is 0 Å². The summed E-state index contributed by atoms with van der Waals surface area (Å²) < 4.78 is 76.7. The van der Waals surface area contributed by atoms with Crippen molar-refractivity contribution in [3.8, 4) is 11.4 Å². The molecular formula is C27H25F5N6O3. The Labute approximate surface area is 229 Å². The molecule has 9 nitrogen and oxygen atoms in total. The number of rotatable bonds is 7. The van der Waals surface area contributed by atoms with Gasteiger partial charge in [-0.25, -0.2) is 23.8 Å². The van der Waals surface area contributed by atoms with Crippen LogP contribution in [0, 0.1) is 5.82 Å². The van der Waals surface area contributed by atoms with E-state index >= 15 is 4.39 Å². The molecular weight excluding hydrogens is 551 g/mol. The summed E-state index contributed by atoms with van der Waals surface area (Å²) in [6.45, 7) is 5.04. The van der Waals surface area contributed by atoms with E-state index in [0.717, 1.165) is 22.4 Å². The third kappa shape index (κ3) is 5.56. The van der Waals surface area contributed by atoms with Crippen LogP contribution in [0.4, 0.5) is 27.6 Å². The summed E-state index contributed by atoms with van der Waals surface area (Å²) >= 11 is 0. The minimum Gasteiger partial charge on any atom is -0.381 e. The number of fused-ring (bicyclic) bond motifs is 2. The maximum atomic E-state index is 15.2. The van der Waals surface area contributed by atoms with E-state index in [9.17, 15) is 27.2 Å². The van der Waals surface area contributed by atoms with Gasteiger partial charge in [0.15, 0.2) is 5.82 Å². The molecule has 3 aromatic heterocycles. The number of hydrogen-bond acceptors (Lipinski definition) is 7. The Morgan fingerprint density at radius 3 is 2.71 bits per heavy atom. The topological polar surface area (TPSA) is 115 Å². The molecule has 0 saturated carbocycles. The number of pyridine rings is 1. The van der Waals surface area contributed by atoms with Gasteiger partial charge in [-0.05, 0) is 44.4 Å². The van der Waals surface area contributed by atoms with E-state index in [2.05, 4.69) is 20.4 Å². The zero-order chi connectivity index (χ0) is 29.7. The van der Waals surface area contributed by atoms with Gasteiger partial charge in [0, 0.05) is 30.4 Å². The van der Waals surface area contributed by atoms with Gasteiger partial charge < -0.3 is 14.6 Å². The highest BCUT2D eigenvalue weighted by Gasteiger charge is 2.38. The average molecular weight is 577 g/mol. The number of nitrogens with one attached hydrogen (secondary N) is 2. The Bertz CT molecular complexity index is 1750. The molecule has 0 saturated heterocycles. The zero-order valence-electron chi connectivity index (χ0n) is 22.1. The van der Waals surface area contributed by atoms with Crippen LogP contribution in [0.1, 0.15) is 44.0 Å². The first-order valence-electron chi connectivity index (χ1n) is 12.6. The highest BCUT2D eigenvalue weighted by molar-refractivity contribution is 5.86. The number of halogens is 5. The number of anilines is 1. The SMILES string of the molecule is C[C@@H](C[C@H](F)Cn1ccc2cc(-c3ncc4c(n3)COC4(C)C)c(F)cc2c1=O)Nc1cn[nH]c(=O)c1C(F)(F)F. The van der Waals surface area contributed by atoms with Crippen molar-refractivity contribution in [3.05, 3.63) is 80.1 Å². The van der Waals surface area contributed by atoms with Crippen molar-refractivity contribution in [2.24, 2.45) is 0 Å². The van der Waals surface area contributed by atoms with Crippen molar-refractivity contribution in [1.82, 2.24) is 24.7 Å². The minimum atomic E-state index is -4.95. The predicted molar refractivity (Wildman–Crippen MR) is 139 cm³/mol. The Balaban J connectivity index is 1.34. The first-order chi connectivity index (χ1) is 19.2. The number of ether oxygens (including phenoxy) is 1. The van der Waals surface area contributed by atoms with Gasteiger partial charge >= 0.3 is 6.18 Å². The summed E-state index contributed by atoms with van der Waals surface area (Å²) in [5, 5.41) is 7.98. The van der Waals surface area contributed by atoms with Crippen molar-refractivity contribution in [2.45, 2.75) is 64.3 Å². The van der Waals surface area contributed by atoms with Crippen LogP contribution in [0.25, 0.3) is 22.2 Å². The van der Waals surface area contributed by atoms with Crippen LogP contribution in [-0.2, 0) is 29.7 Å². The molecule has 0 aliphatic carbocycles. The van der Waals surface area contributed by atoms with Crippen molar-refractivity contribution in [2.75, 3.05) is 5.32 Å². The molecule has 2 atom stereocenters. The van der Waals surface area contributed by atoms with E-state index in [4.69, 9.17) is 4.74 Å². The quantitative estimate of drug-likeness (QED) is 0.307. The molecule has 4 heterocycles. The highest BCUT2D eigenvalue weighted by atomic mass is 19.4. The fraction of sp³-hybridized carbons (Fsp3) is 0.370. The van der Waals surface area contributed by atoms with E-state index in [0.29, 0.717) is 11.1 Å². The van der Waals surface area contributed by atoms with Crippen LogP contribution in [0.15, 0.2) is 46.4 Å². The van der Waals surface area contributed by atoms with Gasteiger partial charge in [0.2, 0.25) is 0 Å². The maximum Gasteiger partial charge on any atom is 0.423 e. The number of H-pyrrole nitrogens is 1. The van der Waals surface area contributed by atoms with Crippen LogP contribution in [0.5, 0.6) is 0 Å². The number of hydrogen-bond donors (Lipinski definition) is 2. The van der Waals surface area contributed by atoms with E-state index in [1.54, 1.807) is 11.3 Å². The molecule has 5 rings (SSSR count). The summed E-state index contributed by atoms with van der Waals surface area (Å²) in [6, 6.07) is 3.18. The zero-order valence-corrected chi connectivity index (χ0v) is 22.1. The Hall–Kier alpha value is -4.20. The van der Waals surface area contributed by atoms with Gasteiger partial charge in [-0.3, -0.25) is 9.59 Å². The second-order valence-electron chi connectivity index (χ2n) is 10.4. The van der Waals surface area contributed by atoms with E-state index in [1.165, 1.54) is 25.3 Å². The highest BCUT2D eigenvalue weighted by Crippen LogP contribution is 2.36. The lowest BCUT2D eigenvalue weighted by Crippen LogP contribution is -2.30. The molecule has 4 aromatic rings. The molecule has 1 aliphatic rings. The molecule has 2 N–H and O–H groups in total. The predicted octanol–water partition coefficient (Wildman–Crippen LogP) is 4.69. The Kier molecular flexibility index (Phi) is 7.14. The number of nitrogens with zero attached hydrogens (tertiary/aromatic N) is 4. The van der Waals surface area contributed by atoms with Gasteiger partial charge in [0.25, 0.3) is 11.1 Å². The van der Waals surface area contributed by atoms with Gasteiger partial charge in [0.05, 0.1) is 47.3 Å². The fourth-order valence-electron chi connectivity index (χ4n) is 4.89. The van der Waals surface area contributed by atoms with Crippen LogP contribution < -0.4 is 16.4 Å². The molecule has 0 unspecified atom stereocenters. The molecule has 216 valence electrons. The number of aromatic nitrogens is 5. The number of benzene rings is 1. The second-order valence-corrected chi connectivity index (χ2v) is 10.4. The fourth-order valence-corrected chi connectivity index (χ4v) is 4.89. The monoisotopic (exact) mass is 576 g/mol. The molecule has 0 radical (unpaired) electrons. The lowest BCUT2D eigenvalue weighted by atomic mass is 10.0. The van der Waals surface area contributed by atoms with Crippen LogP contribution >= 0.6 is 0 Å². The average Bonchev–Trinajstić information content (AvgIpc) is 3.18. The summed E-state index contributed by atoms with van der Waals surface area (Å²) in [5.74, 6) is -0.588. The van der Waals surface area contributed by atoms with Crippen LogP contribution in [-0.4, -0.2) is 36.9 Å². The van der Waals surface area contributed by atoms with Gasteiger partial charge in [-0.2, -0.15) is 18.3 Å². The standard InChI is InChI=1S/C27H25F5N6O3/c1-13(35-20-10-34-37-24(39)22(20)27(30,31)32)6-15(28)11-38-5-4-14-7-17(19(29)8-16(14)25(38)40)23-33-9-18-21(36-23)12-41-26(18,2)3/h4-5,7-10,13,15H,6,11-12H2,1-3H3,(H2,35,37,39)/t13-,15-/m0/s1. The summed E-state index contributed by atoms with van der Waals surface area (Å²) in [6.07, 6.45) is -3.14. The first kappa shape index (κ1) is 28.3. The molecule has 41 heavy (non-hydrogen) atoms. The summed E-state index contributed by atoms with van der Waals surface area (Å²) in [4.78, 5) is 33.4. The van der Waals surface area contributed by atoms with E-state index in [-0.39, 0.29) is 29.8 Å². The number of aromatic amines is 1. The molecule has 1 aromatic carbocycles. The lowest BCUT2D eigenvalue weighted by Gasteiger charge is -2.20. The minimum absolute atomic E-state index is 0.0159. The molecule has 0 spiro atoms. The largest absolute Gasteiger partial charge is 0.423 e. The van der Waals surface area contributed by atoms with E-state index < -0.39 is 58.7 Å². The smallest absolute Gasteiger partial charge is 0.381 e. The normalized spacial score (nSPS) is 16.0. The lowest BCUT2D eigenvalue weighted by molar-refractivity contribution is -0.138. The van der Waals surface area contributed by atoms with Crippen molar-refractivity contribution in [1.29, 1.82) is 0 Å². The summed E-state index contributed by atoms with van der Waals surface area (Å²) in [5.41, 5.74) is -3.11. The molecule has 0 bridgehead atoms. The number of alkyl halides is 4. The maximum absolute atomic E-state index is 15.2. The molecule has 14 heteroatoms. The van der Waals surface area contributed by atoms with Gasteiger partial charge in [-0.1, -0.05) is 0 Å². The van der Waals surface area contributed by atoms with Crippen molar-refractivity contribution >= 4 is 16.5 Å². The van der Waals surface area contributed by atoms with Gasteiger partial charge in [0.1, 0.15) is 17.6 Å². The Morgan fingerprint density at radius 2 is 1.98 bits per heavy atom. The van der Waals surface area contributed by atoms with Crippen LogP contribution in [0.2, 0.25) is 0 Å². The third-order valence-corrected chi connectivity index (χ3v) is 6.94. The van der Waals surface area contributed by atoms with E-state index in [1.807, 2.05) is 13.8 Å². The molecule has 1 aliphatic heterocycles. The van der Waals surface area contributed by atoms with Crippen molar-refractivity contribution < 1.29 is 26.7 Å². The third-order valence-electron chi connectivity index (χ3n) is 6.94. The molecule has 0 fully saturated rings. The second kappa shape index (κ2) is 10.3. The molecule has 0 amide bonds.